The number of halogens is 1. The molecular formula is C14H17FN2O. The lowest BCUT2D eigenvalue weighted by molar-refractivity contribution is 0.199. The van der Waals surface area contributed by atoms with Crippen LogP contribution in [-0.2, 0) is 0 Å². The highest BCUT2D eigenvalue weighted by Gasteiger charge is 2.30. The maximum Gasteiger partial charge on any atom is 0.123 e. The van der Waals surface area contributed by atoms with E-state index >= 15 is 0 Å². The molecule has 18 heavy (non-hydrogen) atoms. The Labute approximate surface area is 106 Å². The second kappa shape index (κ2) is 5.36. The maximum absolute atomic E-state index is 13.3. The van der Waals surface area contributed by atoms with E-state index in [0.717, 1.165) is 18.5 Å². The van der Waals surface area contributed by atoms with Gasteiger partial charge in [-0.15, -0.1) is 0 Å². The van der Waals surface area contributed by atoms with Crippen LogP contribution in [0.25, 0.3) is 0 Å². The van der Waals surface area contributed by atoms with Gasteiger partial charge in [-0.05, 0) is 38.0 Å². The van der Waals surface area contributed by atoms with Gasteiger partial charge in [-0.3, -0.25) is 0 Å². The smallest absolute Gasteiger partial charge is 0.123 e. The first-order valence-corrected chi connectivity index (χ1v) is 6.24. The molecule has 0 saturated heterocycles. The minimum atomic E-state index is -0.709. The number of rotatable bonds is 5. The lowest BCUT2D eigenvalue weighted by Crippen LogP contribution is -2.28. The first-order chi connectivity index (χ1) is 8.63. The Balaban J connectivity index is 2.31. The van der Waals surface area contributed by atoms with Gasteiger partial charge in [-0.1, -0.05) is 0 Å². The fraction of sp³-hybridized carbons (Fsp3) is 0.500. The van der Waals surface area contributed by atoms with E-state index in [1.807, 2.05) is 0 Å². The van der Waals surface area contributed by atoms with E-state index in [1.165, 1.54) is 12.1 Å². The average molecular weight is 248 g/mol. The van der Waals surface area contributed by atoms with Gasteiger partial charge in [0.2, 0.25) is 0 Å². The quantitative estimate of drug-likeness (QED) is 0.871. The predicted molar refractivity (Wildman–Crippen MR) is 67.6 cm³/mol. The van der Waals surface area contributed by atoms with Crippen LogP contribution in [-0.4, -0.2) is 17.7 Å². The van der Waals surface area contributed by atoms with Gasteiger partial charge in [0.25, 0.3) is 0 Å². The first kappa shape index (κ1) is 12.8. The van der Waals surface area contributed by atoms with E-state index in [9.17, 15) is 9.50 Å². The number of aliphatic hydroxyl groups is 1. The third-order valence-electron chi connectivity index (χ3n) is 3.20. The van der Waals surface area contributed by atoms with Gasteiger partial charge in [0.05, 0.1) is 18.6 Å². The van der Waals surface area contributed by atoms with E-state index in [0.29, 0.717) is 24.6 Å². The Morgan fingerprint density at radius 2 is 2.28 bits per heavy atom. The van der Waals surface area contributed by atoms with Crippen molar-refractivity contribution in [3.8, 4) is 6.07 Å². The lowest BCUT2D eigenvalue weighted by atomic mass is 10.1. The number of hydrogen-bond donors (Lipinski definition) is 1. The molecule has 1 aromatic rings. The van der Waals surface area contributed by atoms with Crippen LogP contribution >= 0.6 is 0 Å². The topological polar surface area (TPSA) is 47.3 Å². The van der Waals surface area contributed by atoms with Crippen molar-refractivity contribution >= 4 is 5.69 Å². The highest BCUT2D eigenvalue weighted by molar-refractivity contribution is 5.56. The summed E-state index contributed by atoms with van der Waals surface area (Å²) < 4.78 is 13.3. The Kier molecular flexibility index (Phi) is 3.83. The summed E-state index contributed by atoms with van der Waals surface area (Å²) in [7, 11) is 0. The molecule has 1 atom stereocenters. The zero-order valence-electron chi connectivity index (χ0n) is 10.4. The fourth-order valence-corrected chi connectivity index (χ4v) is 2.18. The molecule has 4 heteroatoms. The van der Waals surface area contributed by atoms with Crippen molar-refractivity contribution in [3.05, 3.63) is 29.6 Å². The van der Waals surface area contributed by atoms with Crippen LogP contribution in [0, 0.1) is 17.1 Å². The Bertz CT molecular complexity index is 463. The van der Waals surface area contributed by atoms with Crippen LogP contribution in [0.15, 0.2) is 18.2 Å². The normalized spacial score (nSPS) is 16.1. The van der Waals surface area contributed by atoms with Gasteiger partial charge in [0.1, 0.15) is 5.82 Å². The molecule has 1 fully saturated rings. The molecular weight excluding hydrogens is 231 g/mol. The van der Waals surface area contributed by atoms with Crippen LogP contribution in [0.2, 0.25) is 0 Å². The van der Waals surface area contributed by atoms with Gasteiger partial charge >= 0.3 is 0 Å². The fourth-order valence-electron chi connectivity index (χ4n) is 2.18. The lowest BCUT2D eigenvalue weighted by Gasteiger charge is -2.27. The largest absolute Gasteiger partial charge is 0.389 e. The zero-order valence-corrected chi connectivity index (χ0v) is 10.4. The number of nitriles is 1. The molecule has 0 aromatic heterocycles. The molecule has 0 amide bonds. The van der Waals surface area contributed by atoms with E-state index < -0.39 is 6.10 Å². The van der Waals surface area contributed by atoms with Crippen molar-refractivity contribution in [1.29, 1.82) is 5.26 Å². The van der Waals surface area contributed by atoms with Crippen LogP contribution in [0.1, 0.15) is 37.9 Å². The standard InChI is InChI=1S/C14H17FN2O/c1-10(18)13-9-11(15)3-6-14(13)17(8-2-7-16)12-4-5-12/h3,6,9-10,12,18H,2,4-5,8H2,1H3/t10-/m1/s1. The monoisotopic (exact) mass is 248 g/mol. The number of aliphatic hydroxyl groups excluding tert-OH is 1. The zero-order chi connectivity index (χ0) is 13.1. The summed E-state index contributed by atoms with van der Waals surface area (Å²) in [6.07, 6.45) is 1.93. The molecule has 0 spiro atoms. The maximum atomic E-state index is 13.3. The highest BCUT2D eigenvalue weighted by atomic mass is 19.1. The van der Waals surface area contributed by atoms with Crippen molar-refractivity contribution in [2.24, 2.45) is 0 Å². The summed E-state index contributed by atoms with van der Waals surface area (Å²) in [5.41, 5.74) is 1.45. The third kappa shape index (κ3) is 2.80. The van der Waals surface area contributed by atoms with Crippen LogP contribution < -0.4 is 4.90 Å². The Morgan fingerprint density at radius 3 is 2.83 bits per heavy atom. The second-order valence-electron chi connectivity index (χ2n) is 4.71. The number of anilines is 1. The molecule has 3 nitrogen and oxygen atoms in total. The molecule has 0 bridgehead atoms. The molecule has 1 aliphatic rings. The molecule has 0 unspecified atom stereocenters. The molecule has 0 heterocycles. The Morgan fingerprint density at radius 1 is 1.56 bits per heavy atom. The Hall–Kier alpha value is -1.60. The summed E-state index contributed by atoms with van der Waals surface area (Å²) in [4.78, 5) is 2.12. The van der Waals surface area contributed by atoms with Crippen molar-refractivity contribution in [2.75, 3.05) is 11.4 Å². The molecule has 1 aromatic carbocycles. The molecule has 0 radical (unpaired) electrons. The summed E-state index contributed by atoms with van der Waals surface area (Å²) in [5, 5.41) is 18.4. The number of nitrogens with zero attached hydrogens (tertiary/aromatic N) is 2. The predicted octanol–water partition coefficient (Wildman–Crippen LogP) is 2.76. The van der Waals surface area contributed by atoms with Gasteiger partial charge in [-0.2, -0.15) is 5.26 Å². The molecule has 96 valence electrons. The van der Waals surface area contributed by atoms with Crippen LogP contribution in [0.4, 0.5) is 10.1 Å². The molecule has 1 aliphatic carbocycles. The van der Waals surface area contributed by atoms with Crippen molar-refractivity contribution < 1.29 is 9.50 Å². The number of hydrogen-bond acceptors (Lipinski definition) is 3. The molecule has 1 N–H and O–H groups in total. The summed E-state index contributed by atoms with van der Waals surface area (Å²) in [5.74, 6) is -0.342. The van der Waals surface area contributed by atoms with E-state index in [1.54, 1.807) is 13.0 Å². The molecule has 1 saturated carbocycles. The summed E-state index contributed by atoms with van der Waals surface area (Å²) >= 11 is 0. The van der Waals surface area contributed by atoms with Gasteiger partial charge in [-0.25, -0.2) is 4.39 Å². The van der Waals surface area contributed by atoms with Crippen molar-refractivity contribution in [3.63, 3.8) is 0 Å². The summed E-state index contributed by atoms with van der Waals surface area (Å²) in [6, 6.07) is 7.05. The molecule has 0 aliphatic heterocycles. The first-order valence-electron chi connectivity index (χ1n) is 6.24. The van der Waals surface area contributed by atoms with E-state index in [4.69, 9.17) is 5.26 Å². The van der Waals surface area contributed by atoms with E-state index in [2.05, 4.69) is 11.0 Å². The summed E-state index contributed by atoms with van der Waals surface area (Å²) in [6.45, 7) is 2.26. The van der Waals surface area contributed by atoms with Crippen molar-refractivity contribution in [1.82, 2.24) is 0 Å². The third-order valence-corrected chi connectivity index (χ3v) is 3.20. The molecule has 2 rings (SSSR count). The van der Waals surface area contributed by atoms with E-state index in [-0.39, 0.29) is 5.82 Å². The second-order valence-corrected chi connectivity index (χ2v) is 4.71. The van der Waals surface area contributed by atoms with Crippen LogP contribution in [0.3, 0.4) is 0 Å². The van der Waals surface area contributed by atoms with Gasteiger partial charge in [0, 0.05) is 23.8 Å². The minimum absolute atomic E-state index is 0.342. The van der Waals surface area contributed by atoms with Crippen LogP contribution in [0.5, 0.6) is 0 Å². The number of benzene rings is 1. The van der Waals surface area contributed by atoms with Crippen molar-refractivity contribution in [2.45, 2.75) is 38.3 Å². The van der Waals surface area contributed by atoms with Gasteiger partial charge in [0.15, 0.2) is 0 Å². The minimum Gasteiger partial charge on any atom is -0.389 e. The average Bonchev–Trinajstić information content (AvgIpc) is 3.15. The van der Waals surface area contributed by atoms with Gasteiger partial charge < -0.3 is 10.0 Å². The SMILES string of the molecule is C[C@@H](O)c1cc(F)ccc1N(CCC#N)C1CC1. The highest BCUT2D eigenvalue weighted by Crippen LogP contribution is 2.36.